The van der Waals surface area contributed by atoms with Gasteiger partial charge in [0.1, 0.15) is 17.2 Å². The molecule has 0 aromatic carbocycles. The second kappa shape index (κ2) is 6.36. The molecule has 1 heterocycles. The fourth-order valence-electron chi connectivity index (χ4n) is 1.37. The normalized spacial score (nSPS) is 10.8. The zero-order valence-corrected chi connectivity index (χ0v) is 12.1. The summed E-state index contributed by atoms with van der Waals surface area (Å²) in [6, 6.07) is 2.89. The molecule has 20 heavy (non-hydrogen) atoms. The lowest BCUT2D eigenvalue weighted by atomic mass is 10.2. The Bertz CT molecular complexity index is 510. The first-order chi connectivity index (χ1) is 9.23. The Morgan fingerprint density at radius 1 is 1.45 bits per heavy atom. The molecule has 0 spiro atoms. The third-order valence-corrected chi connectivity index (χ3v) is 2.10. The zero-order chi connectivity index (χ0) is 15.3. The van der Waals surface area contributed by atoms with Crippen LogP contribution in [0.25, 0.3) is 5.76 Å². The van der Waals surface area contributed by atoms with Crippen molar-refractivity contribution in [1.29, 1.82) is 0 Å². The quantitative estimate of drug-likeness (QED) is 0.677. The van der Waals surface area contributed by atoms with Gasteiger partial charge in [0.05, 0.1) is 12.2 Å². The highest BCUT2D eigenvalue weighted by Gasteiger charge is 2.17. The molecule has 1 N–H and O–H groups in total. The standard InChI is InChI=1S/C14H19FN2O3/c1-6-19-9(2)10-7-8-11(16-12(10)15)17-13(18)20-14(3,4)5/h7-8H,2,6H2,1,3-5H3,(H,16,17,18). The van der Waals surface area contributed by atoms with Gasteiger partial charge in [0.2, 0.25) is 5.95 Å². The van der Waals surface area contributed by atoms with Crippen LogP contribution in [0.1, 0.15) is 33.3 Å². The number of nitrogens with zero attached hydrogens (tertiary/aromatic N) is 1. The summed E-state index contributed by atoms with van der Waals surface area (Å²) in [4.78, 5) is 15.1. The minimum atomic E-state index is -0.767. The summed E-state index contributed by atoms with van der Waals surface area (Å²) in [6.07, 6.45) is -0.694. The van der Waals surface area contributed by atoms with Crippen LogP contribution >= 0.6 is 0 Å². The predicted molar refractivity (Wildman–Crippen MR) is 74.7 cm³/mol. The number of anilines is 1. The predicted octanol–water partition coefficient (Wildman–Crippen LogP) is 3.57. The maximum absolute atomic E-state index is 13.8. The van der Waals surface area contributed by atoms with Crippen molar-refractivity contribution in [2.75, 3.05) is 11.9 Å². The highest BCUT2D eigenvalue weighted by Crippen LogP contribution is 2.19. The van der Waals surface area contributed by atoms with Gasteiger partial charge >= 0.3 is 6.09 Å². The summed E-state index contributed by atoms with van der Waals surface area (Å²) in [5, 5.41) is 2.35. The summed E-state index contributed by atoms with van der Waals surface area (Å²) in [5.41, 5.74) is -0.479. The van der Waals surface area contributed by atoms with E-state index in [1.165, 1.54) is 12.1 Å². The van der Waals surface area contributed by atoms with E-state index in [0.29, 0.717) is 6.61 Å². The van der Waals surface area contributed by atoms with Gasteiger partial charge in [0.25, 0.3) is 0 Å². The van der Waals surface area contributed by atoms with Crippen molar-refractivity contribution in [2.24, 2.45) is 0 Å². The number of rotatable bonds is 4. The average molecular weight is 282 g/mol. The number of carbonyl (C=O) groups excluding carboxylic acids is 1. The second-order valence-electron chi connectivity index (χ2n) is 5.02. The monoisotopic (exact) mass is 282 g/mol. The number of hydrogen-bond acceptors (Lipinski definition) is 4. The topological polar surface area (TPSA) is 60.5 Å². The van der Waals surface area contributed by atoms with E-state index in [0.717, 1.165) is 0 Å². The van der Waals surface area contributed by atoms with E-state index in [1.807, 2.05) is 0 Å². The molecule has 0 aliphatic rings. The van der Waals surface area contributed by atoms with Crippen molar-refractivity contribution < 1.29 is 18.7 Å². The van der Waals surface area contributed by atoms with E-state index in [-0.39, 0.29) is 17.1 Å². The van der Waals surface area contributed by atoms with Crippen LogP contribution in [0.2, 0.25) is 0 Å². The van der Waals surface area contributed by atoms with Gasteiger partial charge in [-0.25, -0.2) is 9.78 Å². The van der Waals surface area contributed by atoms with E-state index >= 15 is 0 Å². The molecule has 1 amide bonds. The van der Waals surface area contributed by atoms with Crippen LogP contribution in [-0.2, 0) is 9.47 Å². The second-order valence-corrected chi connectivity index (χ2v) is 5.02. The molecule has 1 aromatic heterocycles. The number of amides is 1. The van der Waals surface area contributed by atoms with Gasteiger partial charge in [-0.05, 0) is 39.8 Å². The molecule has 110 valence electrons. The first-order valence-corrected chi connectivity index (χ1v) is 6.21. The van der Waals surface area contributed by atoms with Gasteiger partial charge in [-0.2, -0.15) is 4.39 Å². The molecular formula is C14H19FN2O3. The van der Waals surface area contributed by atoms with Crippen LogP contribution in [0.3, 0.4) is 0 Å². The maximum Gasteiger partial charge on any atom is 0.413 e. The van der Waals surface area contributed by atoms with E-state index in [1.54, 1.807) is 27.7 Å². The van der Waals surface area contributed by atoms with E-state index in [4.69, 9.17) is 9.47 Å². The number of aromatic nitrogens is 1. The molecule has 6 heteroatoms. The smallest absolute Gasteiger partial charge is 0.413 e. The Kier molecular flexibility index (Phi) is 5.07. The van der Waals surface area contributed by atoms with Crippen LogP contribution in [-0.4, -0.2) is 23.3 Å². The van der Waals surface area contributed by atoms with Gasteiger partial charge < -0.3 is 9.47 Å². The fourth-order valence-corrected chi connectivity index (χ4v) is 1.37. The third-order valence-electron chi connectivity index (χ3n) is 2.10. The fraction of sp³-hybridized carbons (Fsp3) is 0.429. The summed E-state index contributed by atoms with van der Waals surface area (Å²) >= 11 is 0. The molecule has 5 nitrogen and oxygen atoms in total. The first kappa shape index (κ1) is 15.9. The first-order valence-electron chi connectivity index (χ1n) is 6.21. The van der Waals surface area contributed by atoms with Gasteiger partial charge in [-0.15, -0.1) is 0 Å². The van der Waals surface area contributed by atoms with Gasteiger partial charge in [-0.1, -0.05) is 6.58 Å². The van der Waals surface area contributed by atoms with Crippen molar-refractivity contribution in [3.8, 4) is 0 Å². The molecular weight excluding hydrogens is 263 g/mol. The molecule has 0 unspecified atom stereocenters. The minimum absolute atomic E-state index is 0.0600. The number of pyridine rings is 1. The maximum atomic E-state index is 13.8. The highest BCUT2D eigenvalue weighted by atomic mass is 19.1. The molecule has 0 fully saturated rings. The molecule has 0 aliphatic carbocycles. The molecule has 1 rings (SSSR count). The van der Waals surface area contributed by atoms with Crippen LogP contribution in [0.4, 0.5) is 15.0 Å². The molecule has 0 aliphatic heterocycles. The van der Waals surface area contributed by atoms with Crippen LogP contribution in [0, 0.1) is 5.95 Å². The summed E-state index contributed by atoms with van der Waals surface area (Å²) < 4.78 is 23.9. The number of halogens is 1. The van der Waals surface area contributed by atoms with Crippen molar-refractivity contribution in [2.45, 2.75) is 33.3 Å². The largest absolute Gasteiger partial charge is 0.494 e. The molecule has 0 radical (unpaired) electrons. The van der Waals surface area contributed by atoms with Crippen molar-refractivity contribution >= 4 is 17.7 Å². The zero-order valence-electron chi connectivity index (χ0n) is 12.1. The van der Waals surface area contributed by atoms with Crippen molar-refractivity contribution in [3.05, 3.63) is 30.2 Å². The Hall–Kier alpha value is -2.11. The molecule has 0 atom stereocenters. The molecule has 0 saturated heterocycles. The van der Waals surface area contributed by atoms with Crippen molar-refractivity contribution in [1.82, 2.24) is 4.98 Å². The van der Waals surface area contributed by atoms with Gasteiger partial charge in [0.15, 0.2) is 0 Å². The van der Waals surface area contributed by atoms with Crippen molar-refractivity contribution in [3.63, 3.8) is 0 Å². The SMILES string of the molecule is C=C(OCC)c1ccc(NC(=O)OC(C)(C)C)nc1F. The average Bonchev–Trinajstić information content (AvgIpc) is 2.26. The Morgan fingerprint density at radius 3 is 2.60 bits per heavy atom. The number of carbonyl (C=O) groups is 1. The Balaban J connectivity index is 2.78. The summed E-state index contributed by atoms with van der Waals surface area (Å²) in [6.45, 7) is 11.0. The van der Waals surface area contributed by atoms with Crippen LogP contribution in [0.5, 0.6) is 0 Å². The molecule has 0 bridgehead atoms. The molecule has 1 aromatic rings. The van der Waals surface area contributed by atoms with Crippen LogP contribution in [0.15, 0.2) is 18.7 Å². The van der Waals surface area contributed by atoms with E-state index < -0.39 is 17.6 Å². The Labute approximate surface area is 117 Å². The summed E-state index contributed by atoms with van der Waals surface area (Å²) in [7, 11) is 0. The highest BCUT2D eigenvalue weighted by molar-refractivity contribution is 5.83. The Morgan fingerprint density at radius 2 is 2.10 bits per heavy atom. The third kappa shape index (κ3) is 4.87. The minimum Gasteiger partial charge on any atom is -0.494 e. The van der Waals surface area contributed by atoms with Crippen LogP contribution < -0.4 is 5.32 Å². The number of ether oxygens (including phenoxy) is 2. The number of hydrogen-bond donors (Lipinski definition) is 1. The lowest BCUT2D eigenvalue weighted by Gasteiger charge is -2.19. The van der Waals surface area contributed by atoms with Gasteiger partial charge in [0, 0.05) is 0 Å². The summed E-state index contributed by atoms with van der Waals surface area (Å²) in [5.74, 6) is -0.511. The number of nitrogens with one attached hydrogen (secondary N) is 1. The van der Waals surface area contributed by atoms with E-state index in [9.17, 15) is 9.18 Å². The lowest BCUT2D eigenvalue weighted by molar-refractivity contribution is 0.0635. The van der Waals surface area contributed by atoms with E-state index in [2.05, 4.69) is 16.9 Å². The van der Waals surface area contributed by atoms with Gasteiger partial charge in [-0.3, -0.25) is 5.32 Å². The lowest BCUT2D eigenvalue weighted by Crippen LogP contribution is -2.27. The molecule has 0 saturated carbocycles.